The Morgan fingerprint density at radius 3 is 1.94 bits per heavy atom. The molecule has 0 bridgehead atoms. The van der Waals surface area contributed by atoms with Gasteiger partial charge in [-0.2, -0.15) is 0 Å². The second kappa shape index (κ2) is 11.1. The van der Waals surface area contributed by atoms with E-state index in [0.717, 1.165) is 0 Å². The van der Waals surface area contributed by atoms with Gasteiger partial charge in [-0.3, -0.25) is 0 Å². The minimum absolute atomic E-state index is 0.242. The third-order valence-corrected chi connectivity index (χ3v) is 8.45. The first-order valence-electron chi connectivity index (χ1n) is 11.6. The summed E-state index contributed by atoms with van der Waals surface area (Å²) >= 11 is 3.99. The molecule has 0 aliphatic carbocycles. The fraction of sp³-hybridized carbons (Fsp3) is 0.310. The lowest BCUT2D eigenvalue weighted by molar-refractivity contribution is 0.627. The van der Waals surface area contributed by atoms with E-state index in [1.54, 1.807) is 0 Å². The van der Waals surface area contributed by atoms with Crippen LogP contribution in [0.25, 0.3) is 0 Å². The lowest BCUT2D eigenvalue weighted by atomic mass is 9.69. The summed E-state index contributed by atoms with van der Waals surface area (Å²) in [5.41, 5.74) is 3.83. The van der Waals surface area contributed by atoms with Crippen molar-refractivity contribution in [1.29, 1.82) is 0 Å². The number of allylic oxidation sites excluding steroid dienone is 1. The van der Waals surface area contributed by atoms with Crippen molar-refractivity contribution in [3.05, 3.63) is 112 Å². The first-order valence-corrected chi connectivity index (χ1v) is 13.4. The van der Waals surface area contributed by atoms with Crippen LogP contribution in [-0.4, -0.2) is 5.75 Å². The summed E-state index contributed by atoms with van der Waals surface area (Å²) in [4.78, 5) is 1.38. The normalized spacial score (nSPS) is 14.7. The summed E-state index contributed by atoms with van der Waals surface area (Å²) in [5, 5.41) is 0. The van der Waals surface area contributed by atoms with Crippen LogP contribution in [0.4, 0.5) is 0 Å². The van der Waals surface area contributed by atoms with E-state index in [9.17, 15) is 0 Å². The molecule has 0 amide bonds. The molecule has 1 aliphatic rings. The summed E-state index contributed by atoms with van der Waals surface area (Å²) in [5.74, 6) is 1.20. The van der Waals surface area contributed by atoms with Gasteiger partial charge in [0.25, 0.3) is 0 Å². The van der Waals surface area contributed by atoms with E-state index in [4.69, 9.17) is 0 Å². The zero-order chi connectivity index (χ0) is 21.4. The van der Waals surface area contributed by atoms with Gasteiger partial charge >= 0.3 is 0 Å². The van der Waals surface area contributed by atoms with Crippen LogP contribution in [0.1, 0.15) is 62.1 Å². The highest BCUT2D eigenvalue weighted by atomic mass is 32.2. The highest BCUT2D eigenvalue weighted by Gasteiger charge is 2.39. The largest absolute Gasteiger partial charge is 0.119 e. The number of hydrogen-bond donors (Lipinski definition) is 0. The highest BCUT2D eigenvalue weighted by molar-refractivity contribution is 8.22. The number of thioether (sulfide) groups is 2. The molecule has 0 atom stereocenters. The molecule has 3 aromatic carbocycles. The van der Waals surface area contributed by atoms with Gasteiger partial charge in [0.15, 0.2) is 0 Å². The zero-order valence-electron chi connectivity index (χ0n) is 18.4. The van der Waals surface area contributed by atoms with Gasteiger partial charge in [0, 0.05) is 9.13 Å². The summed E-state index contributed by atoms with van der Waals surface area (Å²) in [7, 11) is 0. The zero-order valence-corrected chi connectivity index (χ0v) is 20.1. The van der Waals surface area contributed by atoms with Crippen molar-refractivity contribution in [3.8, 4) is 0 Å². The van der Waals surface area contributed by atoms with E-state index in [2.05, 4.69) is 97.9 Å². The van der Waals surface area contributed by atoms with Gasteiger partial charge in [-0.1, -0.05) is 130 Å². The molecule has 1 heterocycles. The van der Waals surface area contributed by atoms with Crippen LogP contribution >= 0.6 is 23.5 Å². The van der Waals surface area contributed by atoms with Crippen molar-refractivity contribution in [3.63, 3.8) is 0 Å². The van der Waals surface area contributed by atoms with Crippen LogP contribution in [0, 0.1) is 0 Å². The maximum absolute atomic E-state index is 2.53. The number of fused-ring (bicyclic) bond motifs is 1. The van der Waals surface area contributed by atoms with Crippen molar-refractivity contribution in [1.82, 2.24) is 0 Å². The summed E-state index contributed by atoms with van der Waals surface area (Å²) in [6.07, 6.45) is 10.6. The molecule has 0 saturated carbocycles. The minimum atomic E-state index is -0.242. The highest BCUT2D eigenvalue weighted by Crippen LogP contribution is 2.53. The SMILES string of the molecule is CCCCCCCCSC1=CC(c2ccccc2)(c2ccccc2)c2ccccc2S1. The molecule has 0 radical (unpaired) electrons. The third kappa shape index (κ3) is 5.13. The molecule has 160 valence electrons. The molecule has 4 rings (SSSR count). The van der Waals surface area contributed by atoms with Crippen LogP contribution in [0.15, 0.2) is 100 Å². The lowest BCUT2D eigenvalue weighted by Crippen LogP contribution is -2.29. The Morgan fingerprint density at radius 1 is 0.677 bits per heavy atom. The van der Waals surface area contributed by atoms with Crippen LogP contribution in [0.5, 0.6) is 0 Å². The summed E-state index contributed by atoms with van der Waals surface area (Å²) in [6.45, 7) is 2.28. The topological polar surface area (TPSA) is 0 Å². The van der Waals surface area contributed by atoms with E-state index in [0.29, 0.717) is 0 Å². The van der Waals surface area contributed by atoms with Crippen LogP contribution in [0.3, 0.4) is 0 Å². The first-order chi connectivity index (χ1) is 15.3. The fourth-order valence-electron chi connectivity index (χ4n) is 4.45. The molecule has 31 heavy (non-hydrogen) atoms. The Morgan fingerprint density at radius 2 is 1.26 bits per heavy atom. The van der Waals surface area contributed by atoms with Crippen molar-refractivity contribution < 1.29 is 0 Å². The van der Waals surface area contributed by atoms with Crippen molar-refractivity contribution in [2.45, 2.75) is 55.8 Å². The molecule has 0 spiro atoms. The molecular formula is C29H32S2. The molecule has 3 aromatic rings. The molecule has 0 fully saturated rings. The second-order valence-electron chi connectivity index (χ2n) is 8.22. The van der Waals surface area contributed by atoms with Gasteiger partial charge in [-0.25, -0.2) is 0 Å². The van der Waals surface area contributed by atoms with Gasteiger partial charge in [0.1, 0.15) is 0 Å². The van der Waals surface area contributed by atoms with E-state index in [1.165, 1.54) is 70.1 Å². The van der Waals surface area contributed by atoms with Crippen LogP contribution in [-0.2, 0) is 5.41 Å². The van der Waals surface area contributed by atoms with Crippen molar-refractivity contribution in [2.24, 2.45) is 0 Å². The molecule has 2 heteroatoms. The molecular weight excluding hydrogens is 412 g/mol. The summed E-state index contributed by atoms with van der Waals surface area (Å²) in [6, 6.07) is 31.0. The third-order valence-electron chi connectivity index (χ3n) is 6.06. The molecule has 1 aliphatic heterocycles. The van der Waals surface area contributed by atoms with E-state index in [-0.39, 0.29) is 5.41 Å². The Labute approximate surface area is 196 Å². The standard InChI is InChI=1S/C29H32S2/c1-2-3-4-5-6-15-22-30-28-23-29(24-16-9-7-10-17-24,25-18-11-8-12-19-25)26-20-13-14-21-27(26)31-28/h7-14,16-21,23H,2-6,15,22H2,1H3. The number of unbranched alkanes of at least 4 members (excludes halogenated alkanes) is 5. The van der Waals surface area contributed by atoms with Gasteiger partial charge in [-0.05, 0) is 41.0 Å². The van der Waals surface area contributed by atoms with E-state index < -0.39 is 0 Å². The average molecular weight is 445 g/mol. The number of rotatable bonds is 10. The van der Waals surface area contributed by atoms with Gasteiger partial charge < -0.3 is 0 Å². The smallest absolute Gasteiger partial charge is 0.0662 e. The van der Waals surface area contributed by atoms with Gasteiger partial charge in [0.2, 0.25) is 0 Å². The van der Waals surface area contributed by atoms with E-state index >= 15 is 0 Å². The quantitative estimate of drug-likeness (QED) is 0.286. The maximum Gasteiger partial charge on any atom is 0.0662 e. The minimum Gasteiger partial charge on any atom is -0.119 e. The van der Waals surface area contributed by atoms with Crippen LogP contribution in [0.2, 0.25) is 0 Å². The predicted octanol–water partition coefficient (Wildman–Crippen LogP) is 9.06. The van der Waals surface area contributed by atoms with Gasteiger partial charge in [0.05, 0.1) is 5.41 Å². The molecule has 0 aromatic heterocycles. The molecule has 0 nitrogen and oxygen atoms in total. The van der Waals surface area contributed by atoms with Crippen molar-refractivity contribution >= 4 is 23.5 Å². The monoisotopic (exact) mass is 444 g/mol. The Bertz CT molecular complexity index is 936. The van der Waals surface area contributed by atoms with E-state index in [1.807, 2.05) is 23.5 Å². The lowest BCUT2D eigenvalue weighted by Gasteiger charge is -2.38. The van der Waals surface area contributed by atoms with Gasteiger partial charge in [-0.15, -0.1) is 11.8 Å². The first kappa shape index (κ1) is 22.3. The maximum atomic E-state index is 2.53. The number of benzene rings is 3. The molecule has 0 saturated heterocycles. The number of hydrogen-bond acceptors (Lipinski definition) is 2. The average Bonchev–Trinajstić information content (AvgIpc) is 2.84. The fourth-order valence-corrected chi connectivity index (χ4v) is 6.95. The predicted molar refractivity (Wildman–Crippen MR) is 139 cm³/mol. The Hall–Kier alpha value is -1.90. The Balaban J connectivity index is 1.67. The van der Waals surface area contributed by atoms with Crippen molar-refractivity contribution in [2.75, 3.05) is 5.75 Å². The molecule has 0 N–H and O–H groups in total. The Kier molecular flexibility index (Phi) is 7.99. The summed E-state index contributed by atoms with van der Waals surface area (Å²) < 4.78 is 1.43. The second-order valence-corrected chi connectivity index (χ2v) is 10.7. The molecule has 0 unspecified atom stereocenters. The van der Waals surface area contributed by atoms with Crippen LogP contribution < -0.4 is 0 Å².